The topological polar surface area (TPSA) is 42.5 Å². The fourth-order valence-electron chi connectivity index (χ4n) is 3.67. The van der Waals surface area contributed by atoms with Crippen LogP contribution < -0.4 is 0 Å². The zero-order valence-electron chi connectivity index (χ0n) is 13.6. The number of aliphatic hydroxyl groups excluding tert-OH is 1. The molecule has 0 saturated carbocycles. The van der Waals surface area contributed by atoms with Crippen LogP contribution in [0.5, 0.6) is 0 Å². The molecule has 0 bridgehead atoms. The van der Waals surface area contributed by atoms with E-state index in [2.05, 4.69) is 59.1 Å². The lowest BCUT2D eigenvalue weighted by atomic mass is 10.1. The first-order valence-corrected chi connectivity index (χ1v) is 8.33. The number of benzene rings is 1. The number of fused-ring (bicyclic) bond motifs is 1. The van der Waals surface area contributed by atoms with E-state index in [1.54, 1.807) is 0 Å². The Balaban J connectivity index is 1.71. The predicted octanol–water partition coefficient (Wildman–Crippen LogP) is 2.44. The summed E-state index contributed by atoms with van der Waals surface area (Å²) in [5.74, 6) is 0. The molecule has 1 atom stereocenters. The van der Waals surface area contributed by atoms with Crippen molar-refractivity contribution in [1.82, 2.24) is 14.8 Å². The average Bonchev–Trinajstić information content (AvgIpc) is 2.91. The summed E-state index contributed by atoms with van der Waals surface area (Å²) in [6.45, 7) is 8.98. The maximum atomic E-state index is 9.35. The number of hydrogen-bond acceptors (Lipinski definition) is 3. The summed E-state index contributed by atoms with van der Waals surface area (Å²) < 4.78 is 0. The van der Waals surface area contributed by atoms with Gasteiger partial charge in [-0.05, 0) is 31.9 Å². The zero-order valence-corrected chi connectivity index (χ0v) is 13.6. The summed E-state index contributed by atoms with van der Waals surface area (Å²) in [5.41, 5.74) is 2.58. The highest BCUT2D eigenvalue weighted by Gasteiger charge is 2.28. The lowest BCUT2D eigenvalue weighted by Gasteiger charge is -2.43. The molecule has 1 fully saturated rings. The second-order valence-electron chi connectivity index (χ2n) is 6.59. The second-order valence-corrected chi connectivity index (χ2v) is 6.59. The Kier molecular flexibility index (Phi) is 4.81. The van der Waals surface area contributed by atoms with Crippen molar-refractivity contribution in [3.63, 3.8) is 0 Å². The standard InChI is InChI=1S/C18H27N3O/c1-14(2)21-9-8-20(13-16(21)7-10-22)12-15-11-19-18-6-4-3-5-17(15)18/h3-6,11,14,16,19,22H,7-10,12-13H2,1-2H3. The highest BCUT2D eigenvalue weighted by Crippen LogP contribution is 2.22. The molecule has 0 spiro atoms. The van der Waals surface area contributed by atoms with Crippen molar-refractivity contribution >= 4 is 10.9 Å². The number of para-hydroxylation sites is 1. The molecular formula is C18H27N3O. The monoisotopic (exact) mass is 301 g/mol. The average molecular weight is 301 g/mol. The molecule has 1 saturated heterocycles. The Morgan fingerprint density at radius 2 is 2.09 bits per heavy atom. The first-order chi connectivity index (χ1) is 10.7. The van der Waals surface area contributed by atoms with Crippen molar-refractivity contribution < 1.29 is 5.11 Å². The number of aromatic nitrogens is 1. The molecule has 2 aromatic rings. The Morgan fingerprint density at radius 3 is 2.86 bits per heavy atom. The normalized spacial score (nSPS) is 21.0. The molecule has 2 N–H and O–H groups in total. The van der Waals surface area contributed by atoms with E-state index >= 15 is 0 Å². The maximum Gasteiger partial charge on any atom is 0.0457 e. The molecule has 1 aliphatic rings. The van der Waals surface area contributed by atoms with Crippen molar-refractivity contribution in [3.05, 3.63) is 36.0 Å². The molecule has 0 radical (unpaired) electrons. The summed E-state index contributed by atoms with van der Waals surface area (Å²) in [4.78, 5) is 8.42. The van der Waals surface area contributed by atoms with E-state index in [1.165, 1.54) is 16.5 Å². The minimum Gasteiger partial charge on any atom is -0.396 e. The Bertz CT molecular complexity index is 607. The molecule has 1 unspecified atom stereocenters. The van der Waals surface area contributed by atoms with Gasteiger partial charge in [-0.25, -0.2) is 0 Å². The van der Waals surface area contributed by atoms with Crippen LogP contribution in [0.4, 0.5) is 0 Å². The number of nitrogens with zero attached hydrogens (tertiary/aromatic N) is 2. The Labute approximate surface area is 132 Å². The van der Waals surface area contributed by atoms with Gasteiger partial charge in [-0.3, -0.25) is 9.80 Å². The molecule has 1 aromatic heterocycles. The molecule has 2 heterocycles. The summed E-state index contributed by atoms with van der Waals surface area (Å²) in [6, 6.07) is 9.50. The summed E-state index contributed by atoms with van der Waals surface area (Å²) in [7, 11) is 0. The molecule has 0 amide bonds. The lowest BCUT2D eigenvalue weighted by Crippen LogP contribution is -2.55. The van der Waals surface area contributed by atoms with Crippen molar-refractivity contribution in [2.45, 2.75) is 38.9 Å². The van der Waals surface area contributed by atoms with Crippen LogP contribution >= 0.6 is 0 Å². The molecule has 1 aliphatic heterocycles. The van der Waals surface area contributed by atoms with Gasteiger partial charge < -0.3 is 10.1 Å². The van der Waals surface area contributed by atoms with E-state index in [9.17, 15) is 5.11 Å². The fourth-order valence-corrected chi connectivity index (χ4v) is 3.67. The largest absolute Gasteiger partial charge is 0.396 e. The minimum atomic E-state index is 0.273. The summed E-state index contributed by atoms with van der Waals surface area (Å²) >= 11 is 0. The van der Waals surface area contributed by atoms with Crippen LogP contribution in [0, 0.1) is 0 Å². The third kappa shape index (κ3) is 3.19. The van der Waals surface area contributed by atoms with Gasteiger partial charge in [0.05, 0.1) is 0 Å². The molecule has 120 valence electrons. The van der Waals surface area contributed by atoms with Crippen LogP contribution in [0.1, 0.15) is 25.8 Å². The summed E-state index contributed by atoms with van der Waals surface area (Å²) in [5, 5.41) is 10.7. The minimum absolute atomic E-state index is 0.273. The van der Waals surface area contributed by atoms with Crippen LogP contribution in [-0.4, -0.2) is 58.2 Å². The SMILES string of the molecule is CC(C)N1CCN(Cc2c[nH]c3ccccc23)CC1CCO. The van der Waals surface area contributed by atoms with Gasteiger partial charge in [-0.15, -0.1) is 0 Å². The number of aliphatic hydroxyl groups is 1. The van der Waals surface area contributed by atoms with Crippen LogP contribution in [0.2, 0.25) is 0 Å². The van der Waals surface area contributed by atoms with Crippen molar-refractivity contribution in [2.24, 2.45) is 0 Å². The van der Waals surface area contributed by atoms with Crippen LogP contribution in [0.25, 0.3) is 10.9 Å². The number of rotatable bonds is 5. The zero-order chi connectivity index (χ0) is 15.5. The molecule has 22 heavy (non-hydrogen) atoms. The first-order valence-electron chi connectivity index (χ1n) is 8.33. The number of piperazine rings is 1. The van der Waals surface area contributed by atoms with Crippen LogP contribution in [0.15, 0.2) is 30.5 Å². The quantitative estimate of drug-likeness (QED) is 0.891. The van der Waals surface area contributed by atoms with Gasteiger partial charge in [0, 0.05) is 62.0 Å². The fraction of sp³-hybridized carbons (Fsp3) is 0.556. The van der Waals surface area contributed by atoms with E-state index in [1.807, 2.05) is 0 Å². The van der Waals surface area contributed by atoms with Crippen LogP contribution in [0.3, 0.4) is 0 Å². The highest BCUT2D eigenvalue weighted by atomic mass is 16.3. The third-order valence-electron chi connectivity index (χ3n) is 4.81. The van der Waals surface area contributed by atoms with Gasteiger partial charge in [-0.2, -0.15) is 0 Å². The lowest BCUT2D eigenvalue weighted by molar-refractivity contribution is 0.0351. The first kappa shape index (κ1) is 15.5. The number of hydrogen-bond donors (Lipinski definition) is 2. The van der Waals surface area contributed by atoms with Gasteiger partial charge in [0.15, 0.2) is 0 Å². The van der Waals surface area contributed by atoms with Gasteiger partial charge in [-0.1, -0.05) is 18.2 Å². The Hall–Kier alpha value is -1.36. The van der Waals surface area contributed by atoms with E-state index in [-0.39, 0.29) is 6.61 Å². The molecule has 0 aliphatic carbocycles. The maximum absolute atomic E-state index is 9.35. The van der Waals surface area contributed by atoms with E-state index in [4.69, 9.17) is 0 Å². The van der Waals surface area contributed by atoms with Gasteiger partial charge in [0.1, 0.15) is 0 Å². The van der Waals surface area contributed by atoms with Gasteiger partial charge in [0.25, 0.3) is 0 Å². The molecule has 3 rings (SSSR count). The molecular weight excluding hydrogens is 274 g/mol. The van der Waals surface area contributed by atoms with E-state index < -0.39 is 0 Å². The van der Waals surface area contributed by atoms with Crippen LogP contribution in [-0.2, 0) is 6.54 Å². The number of aromatic amines is 1. The third-order valence-corrected chi connectivity index (χ3v) is 4.81. The van der Waals surface area contributed by atoms with Gasteiger partial charge >= 0.3 is 0 Å². The number of H-pyrrole nitrogens is 1. The predicted molar refractivity (Wildman–Crippen MR) is 90.9 cm³/mol. The summed E-state index contributed by atoms with van der Waals surface area (Å²) in [6.07, 6.45) is 3.00. The van der Waals surface area contributed by atoms with Crippen molar-refractivity contribution in [2.75, 3.05) is 26.2 Å². The molecule has 4 heteroatoms. The molecule has 4 nitrogen and oxygen atoms in total. The van der Waals surface area contributed by atoms with Crippen molar-refractivity contribution in [1.29, 1.82) is 0 Å². The second kappa shape index (κ2) is 6.82. The molecule has 1 aromatic carbocycles. The van der Waals surface area contributed by atoms with E-state index in [0.29, 0.717) is 12.1 Å². The van der Waals surface area contributed by atoms with Gasteiger partial charge in [0.2, 0.25) is 0 Å². The number of nitrogens with one attached hydrogen (secondary N) is 1. The van der Waals surface area contributed by atoms with Crippen molar-refractivity contribution in [3.8, 4) is 0 Å². The highest BCUT2D eigenvalue weighted by molar-refractivity contribution is 5.82. The smallest absolute Gasteiger partial charge is 0.0457 e. The Morgan fingerprint density at radius 1 is 1.27 bits per heavy atom. The van der Waals surface area contributed by atoms with E-state index in [0.717, 1.165) is 32.6 Å².